The first-order chi connectivity index (χ1) is 9.24. The summed E-state index contributed by atoms with van der Waals surface area (Å²) in [4.78, 5) is 0. The van der Waals surface area contributed by atoms with E-state index in [9.17, 15) is 4.39 Å². The normalized spacial score (nSPS) is 17.5. The maximum atomic E-state index is 13.7. The van der Waals surface area contributed by atoms with Crippen LogP contribution in [0.4, 0.5) is 4.39 Å². The van der Waals surface area contributed by atoms with Gasteiger partial charge in [-0.05, 0) is 36.1 Å². The van der Waals surface area contributed by atoms with Crippen molar-refractivity contribution in [3.63, 3.8) is 0 Å². The third-order valence-electron chi connectivity index (χ3n) is 3.69. The molecular weight excluding hydrogens is 261 g/mol. The van der Waals surface area contributed by atoms with Crippen molar-refractivity contribution in [2.24, 2.45) is 0 Å². The summed E-state index contributed by atoms with van der Waals surface area (Å²) in [5, 5.41) is 3.87. The van der Waals surface area contributed by atoms with E-state index >= 15 is 0 Å². The molecule has 1 aliphatic rings. The van der Waals surface area contributed by atoms with E-state index in [1.54, 1.807) is 12.1 Å². The number of rotatable bonds is 3. The van der Waals surface area contributed by atoms with Gasteiger partial charge >= 0.3 is 0 Å². The predicted molar refractivity (Wildman–Crippen MR) is 75.8 cm³/mol. The Kier molecular flexibility index (Phi) is 3.54. The standard InChI is InChI=1S/C16H15ClFN/c17-13-7-5-12(15(18)9-13)10-19-16-8-6-11-3-1-2-4-14(11)16/h1-5,7,9,16,19H,6,8,10H2. The largest absolute Gasteiger partial charge is 0.306 e. The Balaban J connectivity index is 1.71. The molecule has 0 amide bonds. The van der Waals surface area contributed by atoms with E-state index in [1.807, 2.05) is 0 Å². The van der Waals surface area contributed by atoms with Crippen LogP contribution in [0.15, 0.2) is 42.5 Å². The summed E-state index contributed by atoms with van der Waals surface area (Å²) in [7, 11) is 0. The lowest BCUT2D eigenvalue weighted by Gasteiger charge is -2.14. The molecule has 0 aliphatic heterocycles. The lowest BCUT2D eigenvalue weighted by atomic mass is 10.1. The monoisotopic (exact) mass is 275 g/mol. The molecule has 0 bridgehead atoms. The van der Waals surface area contributed by atoms with Crippen LogP contribution < -0.4 is 5.32 Å². The van der Waals surface area contributed by atoms with Gasteiger partial charge in [0.1, 0.15) is 5.82 Å². The molecule has 1 nitrogen and oxygen atoms in total. The van der Waals surface area contributed by atoms with Crippen molar-refractivity contribution in [1.82, 2.24) is 5.32 Å². The Morgan fingerprint density at radius 2 is 2.05 bits per heavy atom. The van der Waals surface area contributed by atoms with Gasteiger partial charge in [0.2, 0.25) is 0 Å². The minimum atomic E-state index is -0.244. The Hall–Kier alpha value is -1.38. The van der Waals surface area contributed by atoms with Gasteiger partial charge in [0.25, 0.3) is 0 Å². The minimum absolute atomic E-state index is 0.244. The maximum absolute atomic E-state index is 13.7. The molecule has 0 heterocycles. The zero-order chi connectivity index (χ0) is 13.2. The number of hydrogen-bond donors (Lipinski definition) is 1. The van der Waals surface area contributed by atoms with Gasteiger partial charge < -0.3 is 5.32 Å². The summed E-state index contributed by atoms with van der Waals surface area (Å²) in [5.74, 6) is -0.244. The van der Waals surface area contributed by atoms with Crippen LogP contribution >= 0.6 is 11.6 Å². The average Bonchev–Trinajstić information content (AvgIpc) is 2.81. The SMILES string of the molecule is Fc1cc(Cl)ccc1CNC1CCc2ccccc21. The zero-order valence-corrected chi connectivity index (χ0v) is 11.3. The number of halogens is 2. The van der Waals surface area contributed by atoms with Gasteiger partial charge in [-0.15, -0.1) is 0 Å². The minimum Gasteiger partial charge on any atom is -0.306 e. The molecular formula is C16H15ClFN. The first-order valence-corrected chi connectivity index (χ1v) is 6.87. The van der Waals surface area contributed by atoms with Crippen LogP contribution in [0.1, 0.15) is 29.2 Å². The van der Waals surface area contributed by atoms with Crippen LogP contribution in [-0.2, 0) is 13.0 Å². The molecule has 0 fully saturated rings. The molecule has 1 aliphatic carbocycles. The highest BCUT2D eigenvalue weighted by atomic mass is 35.5. The van der Waals surface area contributed by atoms with Gasteiger partial charge in [-0.25, -0.2) is 4.39 Å². The van der Waals surface area contributed by atoms with E-state index in [4.69, 9.17) is 11.6 Å². The molecule has 0 saturated carbocycles. The van der Waals surface area contributed by atoms with Gasteiger partial charge in [0, 0.05) is 23.2 Å². The van der Waals surface area contributed by atoms with Gasteiger partial charge in [0.15, 0.2) is 0 Å². The fraction of sp³-hybridized carbons (Fsp3) is 0.250. The number of aryl methyl sites for hydroxylation is 1. The number of fused-ring (bicyclic) bond motifs is 1. The van der Waals surface area contributed by atoms with Crippen LogP contribution in [0.5, 0.6) is 0 Å². The highest BCUT2D eigenvalue weighted by Crippen LogP contribution is 2.31. The van der Waals surface area contributed by atoms with E-state index in [2.05, 4.69) is 29.6 Å². The third kappa shape index (κ3) is 2.65. The van der Waals surface area contributed by atoms with E-state index < -0.39 is 0 Å². The van der Waals surface area contributed by atoms with E-state index in [1.165, 1.54) is 17.2 Å². The first kappa shape index (κ1) is 12.6. The second-order valence-corrected chi connectivity index (χ2v) is 5.34. The summed E-state index contributed by atoms with van der Waals surface area (Å²) in [6, 6.07) is 13.6. The second kappa shape index (κ2) is 5.32. The van der Waals surface area contributed by atoms with Gasteiger partial charge in [-0.1, -0.05) is 41.9 Å². The average molecular weight is 276 g/mol. The molecule has 98 valence electrons. The van der Waals surface area contributed by atoms with E-state index in [0.29, 0.717) is 23.2 Å². The van der Waals surface area contributed by atoms with Crippen LogP contribution in [0.25, 0.3) is 0 Å². The van der Waals surface area contributed by atoms with Crippen LogP contribution in [-0.4, -0.2) is 0 Å². The molecule has 19 heavy (non-hydrogen) atoms. The van der Waals surface area contributed by atoms with Crippen molar-refractivity contribution in [3.8, 4) is 0 Å². The van der Waals surface area contributed by atoms with Crippen molar-refractivity contribution < 1.29 is 4.39 Å². The molecule has 1 N–H and O–H groups in total. The smallest absolute Gasteiger partial charge is 0.129 e. The van der Waals surface area contributed by atoms with E-state index in [0.717, 1.165) is 12.8 Å². The quantitative estimate of drug-likeness (QED) is 0.883. The molecule has 0 radical (unpaired) electrons. The summed E-state index contributed by atoms with van der Waals surface area (Å²) in [5.41, 5.74) is 3.40. The lowest BCUT2D eigenvalue weighted by molar-refractivity contribution is 0.513. The van der Waals surface area contributed by atoms with E-state index in [-0.39, 0.29) is 5.82 Å². The summed E-state index contributed by atoms with van der Waals surface area (Å²) in [6.45, 7) is 0.530. The highest BCUT2D eigenvalue weighted by Gasteiger charge is 2.21. The van der Waals surface area contributed by atoms with Crippen molar-refractivity contribution in [3.05, 3.63) is 70.0 Å². The molecule has 0 aromatic heterocycles. The summed E-state index contributed by atoms with van der Waals surface area (Å²) in [6.07, 6.45) is 2.17. The predicted octanol–water partition coefficient (Wildman–Crippen LogP) is 4.26. The molecule has 2 aromatic rings. The van der Waals surface area contributed by atoms with Crippen LogP contribution in [0.3, 0.4) is 0 Å². The third-order valence-corrected chi connectivity index (χ3v) is 3.92. The van der Waals surface area contributed by atoms with Crippen molar-refractivity contribution in [2.75, 3.05) is 0 Å². The van der Waals surface area contributed by atoms with Gasteiger partial charge in [-0.2, -0.15) is 0 Å². The Bertz CT molecular complexity index is 597. The Morgan fingerprint density at radius 3 is 2.89 bits per heavy atom. The topological polar surface area (TPSA) is 12.0 Å². The number of hydrogen-bond acceptors (Lipinski definition) is 1. The van der Waals surface area contributed by atoms with Crippen molar-refractivity contribution in [2.45, 2.75) is 25.4 Å². The fourth-order valence-electron chi connectivity index (χ4n) is 2.67. The highest BCUT2D eigenvalue weighted by molar-refractivity contribution is 6.30. The van der Waals surface area contributed by atoms with Crippen molar-refractivity contribution >= 4 is 11.6 Å². The molecule has 1 atom stereocenters. The fourth-order valence-corrected chi connectivity index (χ4v) is 2.83. The molecule has 1 unspecified atom stereocenters. The molecule has 3 rings (SSSR count). The van der Waals surface area contributed by atoms with Crippen LogP contribution in [0, 0.1) is 5.82 Å². The summed E-state index contributed by atoms with van der Waals surface area (Å²) < 4.78 is 13.7. The van der Waals surface area contributed by atoms with Gasteiger partial charge in [0.05, 0.1) is 0 Å². The Labute approximate surface area is 117 Å². The lowest BCUT2D eigenvalue weighted by Crippen LogP contribution is -2.19. The summed E-state index contributed by atoms with van der Waals surface area (Å²) >= 11 is 5.75. The zero-order valence-electron chi connectivity index (χ0n) is 10.5. The first-order valence-electron chi connectivity index (χ1n) is 6.49. The number of nitrogens with one attached hydrogen (secondary N) is 1. The molecule has 2 aromatic carbocycles. The molecule has 3 heteroatoms. The van der Waals surface area contributed by atoms with Crippen LogP contribution in [0.2, 0.25) is 5.02 Å². The number of benzene rings is 2. The second-order valence-electron chi connectivity index (χ2n) is 4.91. The maximum Gasteiger partial charge on any atom is 0.129 e. The molecule has 0 spiro atoms. The Morgan fingerprint density at radius 1 is 1.21 bits per heavy atom. The van der Waals surface area contributed by atoms with Crippen molar-refractivity contribution in [1.29, 1.82) is 0 Å². The van der Waals surface area contributed by atoms with Gasteiger partial charge in [-0.3, -0.25) is 0 Å². The molecule has 0 saturated heterocycles.